The van der Waals surface area contributed by atoms with Gasteiger partial charge in [0.05, 0.1) is 12.7 Å². The Labute approximate surface area is 109 Å². The molecular formula is C14H23N3O. The molecule has 0 spiro atoms. The molecule has 1 fully saturated rings. The van der Waals surface area contributed by atoms with Gasteiger partial charge in [-0.3, -0.25) is 0 Å². The van der Waals surface area contributed by atoms with Gasteiger partial charge in [-0.05, 0) is 39.8 Å². The number of hydrogen-bond acceptors (Lipinski definition) is 4. The Morgan fingerprint density at radius 3 is 2.83 bits per heavy atom. The molecule has 2 rings (SSSR count). The van der Waals surface area contributed by atoms with Crippen LogP contribution in [0.15, 0.2) is 18.2 Å². The van der Waals surface area contributed by atoms with Crippen LogP contribution in [0.2, 0.25) is 0 Å². The van der Waals surface area contributed by atoms with Crippen LogP contribution in [-0.4, -0.2) is 36.3 Å². The number of nitrogens with one attached hydrogen (secondary N) is 1. The molecule has 0 amide bonds. The number of pyridine rings is 1. The lowest BCUT2D eigenvalue weighted by molar-refractivity contribution is 0.0529. The Kier molecular flexibility index (Phi) is 3.76. The van der Waals surface area contributed by atoms with Gasteiger partial charge in [-0.1, -0.05) is 6.07 Å². The lowest BCUT2D eigenvalue weighted by Gasteiger charge is -2.32. The number of nitrogens with zero attached hydrogens (tertiary/aromatic N) is 2. The molecule has 1 N–H and O–H groups in total. The molecule has 1 saturated heterocycles. The van der Waals surface area contributed by atoms with E-state index in [2.05, 4.69) is 55.0 Å². The number of morpholine rings is 1. The van der Waals surface area contributed by atoms with E-state index in [-0.39, 0.29) is 11.6 Å². The van der Waals surface area contributed by atoms with E-state index in [1.165, 1.54) is 0 Å². The van der Waals surface area contributed by atoms with Gasteiger partial charge in [0.15, 0.2) is 0 Å². The van der Waals surface area contributed by atoms with Crippen molar-refractivity contribution >= 4 is 11.6 Å². The van der Waals surface area contributed by atoms with E-state index in [0.717, 1.165) is 31.3 Å². The van der Waals surface area contributed by atoms with Crippen molar-refractivity contribution < 1.29 is 4.74 Å². The van der Waals surface area contributed by atoms with E-state index in [4.69, 9.17) is 4.74 Å². The molecule has 0 aliphatic carbocycles. The smallest absolute Gasteiger partial charge is 0.131 e. The summed E-state index contributed by atoms with van der Waals surface area (Å²) in [5.41, 5.74) is 0.0317. The third-order valence-electron chi connectivity index (χ3n) is 2.80. The summed E-state index contributed by atoms with van der Waals surface area (Å²) in [6.07, 6.45) is 0.278. The van der Waals surface area contributed by atoms with E-state index >= 15 is 0 Å². The van der Waals surface area contributed by atoms with Crippen molar-refractivity contribution in [1.29, 1.82) is 0 Å². The number of hydrogen-bond donors (Lipinski definition) is 1. The molecule has 0 aromatic carbocycles. The fourth-order valence-electron chi connectivity index (χ4n) is 2.08. The van der Waals surface area contributed by atoms with Crippen LogP contribution in [-0.2, 0) is 4.74 Å². The van der Waals surface area contributed by atoms with Crippen LogP contribution in [0.1, 0.15) is 27.7 Å². The molecule has 0 bridgehead atoms. The molecular weight excluding hydrogens is 226 g/mol. The van der Waals surface area contributed by atoms with Crippen molar-refractivity contribution in [3.8, 4) is 0 Å². The molecule has 18 heavy (non-hydrogen) atoms. The van der Waals surface area contributed by atoms with Gasteiger partial charge in [-0.2, -0.15) is 0 Å². The highest BCUT2D eigenvalue weighted by atomic mass is 16.5. The minimum atomic E-state index is 0.0317. The average Bonchev–Trinajstić information content (AvgIpc) is 2.27. The van der Waals surface area contributed by atoms with Crippen LogP contribution in [0, 0.1) is 0 Å². The van der Waals surface area contributed by atoms with Gasteiger partial charge in [0.25, 0.3) is 0 Å². The Morgan fingerprint density at radius 1 is 1.39 bits per heavy atom. The number of aromatic nitrogens is 1. The van der Waals surface area contributed by atoms with E-state index in [0.29, 0.717) is 0 Å². The molecule has 1 aliphatic rings. The molecule has 0 radical (unpaired) electrons. The summed E-state index contributed by atoms with van der Waals surface area (Å²) in [5.74, 6) is 1.96. The first kappa shape index (κ1) is 13.1. The van der Waals surface area contributed by atoms with Crippen LogP contribution < -0.4 is 10.2 Å². The van der Waals surface area contributed by atoms with E-state index in [1.54, 1.807) is 0 Å². The van der Waals surface area contributed by atoms with Gasteiger partial charge in [-0.15, -0.1) is 0 Å². The van der Waals surface area contributed by atoms with Crippen molar-refractivity contribution in [3.63, 3.8) is 0 Å². The summed E-state index contributed by atoms with van der Waals surface area (Å²) in [5, 5.41) is 3.40. The lowest BCUT2D eigenvalue weighted by Crippen LogP contribution is -2.41. The number of anilines is 2. The van der Waals surface area contributed by atoms with Gasteiger partial charge in [-0.25, -0.2) is 4.98 Å². The molecule has 1 aromatic heterocycles. The Bertz CT molecular complexity index is 400. The minimum Gasteiger partial charge on any atom is -0.375 e. The third-order valence-corrected chi connectivity index (χ3v) is 2.80. The van der Waals surface area contributed by atoms with Gasteiger partial charge in [0.2, 0.25) is 0 Å². The highest BCUT2D eigenvalue weighted by Gasteiger charge is 2.18. The van der Waals surface area contributed by atoms with Crippen LogP contribution >= 0.6 is 0 Å². The summed E-state index contributed by atoms with van der Waals surface area (Å²) in [6.45, 7) is 11.1. The largest absolute Gasteiger partial charge is 0.375 e. The normalized spacial score (nSPS) is 20.9. The highest BCUT2D eigenvalue weighted by molar-refractivity contribution is 5.48. The van der Waals surface area contributed by atoms with Crippen LogP contribution in [0.3, 0.4) is 0 Å². The summed E-state index contributed by atoms with van der Waals surface area (Å²) in [6, 6.07) is 6.13. The zero-order valence-electron chi connectivity index (χ0n) is 11.7. The third kappa shape index (κ3) is 3.60. The van der Waals surface area contributed by atoms with Crippen LogP contribution in [0.25, 0.3) is 0 Å². The predicted molar refractivity (Wildman–Crippen MR) is 75.2 cm³/mol. The summed E-state index contributed by atoms with van der Waals surface area (Å²) >= 11 is 0. The standard InChI is InChI=1S/C14H23N3O/c1-11-10-17(8-9-18-11)13-7-5-6-12(15-13)16-14(2,3)4/h5-7,11H,8-10H2,1-4H3,(H,15,16). The highest BCUT2D eigenvalue weighted by Crippen LogP contribution is 2.19. The summed E-state index contributed by atoms with van der Waals surface area (Å²) < 4.78 is 5.56. The molecule has 2 heterocycles. The van der Waals surface area contributed by atoms with Crippen LogP contribution in [0.5, 0.6) is 0 Å². The second kappa shape index (κ2) is 5.14. The molecule has 4 nitrogen and oxygen atoms in total. The second-order valence-electron chi connectivity index (χ2n) is 5.88. The molecule has 4 heteroatoms. The lowest BCUT2D eigenvalue weighted by atomic mass is 10.1. The minimum absolute atomic E-state index is 0.0317. The zero-order chi connectivity index (χ0) is 13.2. The first-order valence-electron chi connectivity index (χ1n) is 6.56. The van der Waals surface area contributed by atoms with Gasteiger partial charge >= 0.3 is 0 Å². The van der Waals surface area contributed by atoms with Gasteiger partial charge in [0, 0.05) is 18.6 Å². The van der Waals surface area contributed by atoms with E-state index in [9.17, 15) is 0 Å². The summed E-state index contributed by atoms with van der Waals surface area (Å²) in [4.78, 5) is 6.96. The molecule has 1 unspecified atom stereocenters. The van der Waals surface area contributed by atoms with Crippen molar-refractivity contribution in [3.05, 3.63) is 18.2 Å². The van der Waals surface area contributed by atoms with Gasteiger partial charge < -0.3 is 15.0 Å². The average molecular weight is 249 g/mol. The fourth-order valence-corrected chi connectivity index (χ4v) is 2.08. The number of rotatable bonds is 2. The zero-order valence-corrected chi connectivity index (χ0v) is 11.7. The molecule has 1 aliphatic heterocycles. The van der Waals surface area contributed by atoms with Crippen molar-refractivity contribution in [2.75, 3.05) is 29.9 Å². The molecule has 100 valence electrons. The fraction of sp³-hybridized carbons (Fsp3) is 0.643. The predicted octanol–water partition coefficient (Wildman–Crippen LogP) is 2.52. The van der Waals surface area contributed by atoms with Crippen molar-refractivity contribution in [1.82, 2.24) is 4.98 Å². The van der Waals surface area contributed by atoms with Crippen molar-refractivity contribution in [2.24, 2.45) is 0 Å². The maximum absolute atomic E-state index is 5.56. The topological polar surface area (TPSA) is 37.4 Å². The first-order chi connectivity index (χ1) is 8.44. The molecule has 0 saturated carbocycles. The van der Waals surface area contributed by atoms with E-state index in [1.807, 2.05) is 6.07 Å². The van der Waals surface area contributed by atoms with Crippen LogP contribution in [0.4, 0.5) is 11.6 Å². The monoisotopic (exact) mass is 249 g/mol. The first-order valence-corrected chi connectivity index (χ1v) is 6.56. The molecule has 1 atom stereocenters. The Balaban J connectivity index is 2.11. The quantitative estimate of drug-likeness (QED) is 0.874. The van der Waals surface area contributed by atoms with E-state index < -0.39 is 0 Å². The molecule has 1 aromatic rings. The Morgan fingerprint density at radius 2 is 2.17 bits per heavy atom. The maximum Gasteiger partial charge on any atom is 0.131 e. The second-order valence-corrected chi connectivity index (χ2v) is 5.88. The van der Waals surface area contributed by atoms with Gasteiger partial charge in [0.1, 0.15) is 11.6 Å². The number of ether oxygens (including phenoxy) is 1. The Hall–Kier alpha value is -1.29. The SMILES string of the molecule is CC1CN(c2cccc(NC(C)(C)C)n2)CCO1. The summed E-state index contributed by atoms with van der Waals surface area (Å²) in [7, 11) is 0. The maximum atomic E-state index is 5.56. The van der Waals surface area contributed by atoms with Crippen molar-refractivity contribution in [2.45, 2.75) is 39.3 Å².